The highest BCUT2D eigenvalue weighted by Crippen LogP contribution is 2.27. The molecule has 1 aliphatic heterocycles. The van der Waals surface area contributed by atoms with Crippen LogP contribution in [-0.4, -0.2) is 69.5 Å². The van der Waals surface area contributed by atoms with Gasteiger partial charge < -0.3 is 25.2 Å². The van der Waals surface area contributed by atoms with E-state index in [4.69, 9.17) is 16.3 Å². The van der Waals surface area contributed by atoms with Gasteiger partial charge in [0.2, 0.25) is 5.91 Å². The molecular formula is C16H22ClN4O4+. The van der Waals surface area contributed by atoms with Crippen LogP contribution in [0, 0.1) is 0 Å². The molecule has 3 amide bonds. The van der Waals surface area contributed by atoms with Crippen LogP contribution in [0.2, 0.25) is 5.02 Å². The number of nitrogens with zero attached hydrogens (tertiary/aromatic N) is 1. The first-order valence-electron chi connectivity index (χ1n) is 7.86. The number of carbonyl (C=O) groups is 3. The largest absolute Gasteiger partial charge is 0.495 e. The van der Waals surface area contributed by atoms with Crippen molar-refractivity contribution in [3.05, 3.63) is 23.2 Å². The molecule has 1 saturated heterocycles. The molecule has 136 valence electrons. The summed E-state index contributed by atoms with van der Waals surface area (Å²) in [6.07, 6.45) is 0. The molecule has 1 fully saturated rings. The van der Waals surface area contributed by atoms with Crippen LogP contribution >= 0.6 is 11.6 Å². The Morgan fingerprint density at radius 1 is 1.44 bits per heavy atom. The fraction of sp³-hybridized carbons (Fsp3) is 0.438. The number of anilines is 1. The van der Waals surface area contributed by atoms with Crippen LogP contribution in [-0.2, 0) is 14.4 Å². The number of likely N-dealkylation sites (N-methyl/N-ethyl adjacent to an activating group) is 1. The summed E-state index contributed by atoms with van der Waals surface area (Å²) < 4.78 is 5.17. The van der Waals surface area contributed by atoms with Crippen LogP contribution in [0.5, 0.6) is 5.75 Å². The first-order chi connectivity index (χ1) is 11.9. The maximum absolute atomic E-state index is 12.2. The molecule has 0 aliphatic carbocycles. The van der Waals surface area contributed by atoms with E-state index in [1.807, 2.05) is 0 Å². The molecule has 1 unspecified atom stereocenters. The van der Waals surface area contributed by atoms with Crippen molar-refractivity contribution in [1.82, 2.24) is 10.2 Å². The maximum Gasteiger partial charge on any atom is 0.277 e. The zero-order valence-electron chi connectivity index (χ0n) is 14.2. The van der Waals surface area contributed by atoms with Gasteiger partial charge in [0.25, 0.3) is 11.8 Å². The number of ether oxygens (including phenoxy) is 1. The monoisotopic (exact) mass is 369 g/mol. The molecule has 1 aromatic carbocycles. The lowest BCUT2D eigenvalue weighted by Crippen LogP contribution is -3.16. The highest BCUT2D eigenvalue weighted by Gasteiger charge is 2.24. The van der Waals surface area contributed by atoms with Gasteiger partial charge in [-0.1, -0.05) is 11.6 Å². The fourth-order valence-corrected chi connectivity index (χ4v) is 2.70. The van der Waals surface area contributed by atoms with Crippen LogP contribution < -0.4 is 20.3 Å². The number of carbonyl (C=O) groups excluding carboxylic acids is 3. The summed E-state index contributed by atoms with van der Waals surface area (Å²) in [6.45, 7) is 1.59. The standard InChI is InChI=1S/C16H21ClN4O4/c1-20(16(24)10-21-6-5-18-14(22)9-21)8-15(23)19-12-7-11(17)3-4-13(12)25-2/h3-4,7H,5-6,8-10H2,1-2H3,(H,18,22)(H,19,23)/p+1. The van der Waals surface area contributed by atoms with E-state index in [2.05, 4.69) is 10.6 Å². The van der Waals surface area contributed by atoms with Crippen LogP contribution in [0.4, 0.5) is 5.69 Å². The molecule has 0 aromatic heterocycles. The van der Waals surface area contributed by atoms with E-state index in [-0.39, 0.29) is 37.4 Å². The maximum atomic E-state index is 12.2. The van der Waals surface area contributed by atoms with Crippen LogP contribution in [0.3, 0.4) is 0 Å². The van der Waals surface area contributed by atoms with Crippen LogP contribution in [0.25, 0.3) is 0 Å². The Balaban J connectivity index is 1.88. The van der Waals surface area contributed by atoms with Crippen molar-refractivity contribution in [2.45, 2.75) is 0 Å². The molecule has 9 heteroatoms. The van der Waals surface area contributed by atoms with Gasteiger partial charge in [-0.2, -0.15) is 0 Å². The van der Waals surface area contributed by atoms with Crippen LogP contribution in [0.15, 0.2) is 18.2 Å². The average Bonchev–Trinajstić information content (AvgIpc) is 2.55. The molecule has 0 bridgehead atoms. The summed E-state index contributed by atoms with van der Waals surface area (Å²) in [4.78, 5) is 38.0. The minimum absolute atomic E-state index is 0.0671. The minimum atomic E-state index is -0.359. The first kappa shape index (κ1) is 19.0. The summed E-state index contributed by atoms with van der Waals surface area (Å²) in [7, 11) is 3.05. The SMILES string of the molecule is COc1ccc(Cl)cc1NC(=O)CN(C)C(=O)C[NH+]1CCNC(=O)C1. The lowest BCUT2D eigenvalue weighted by atomic mass is 10.3. The van der Waals surface area contributed by atoms with E-state index in [1.165, 1.54) is 12.0 Å². The molecule has 2 rings (SSSR count). The van der Waals surface area contributed by atoms with Crippen molar-refractivity contribution in [3.8, 4) is 5.75 Å². The molecule has 1 aromatic rings. The molecule has 1 aliphatic rings. The van der Waals surface area contributed by atoms with E-state index >= 15 is 0 Å². The van der Waals surface area contributed by atoms with E-state index in [0.717, 1.165) is 4.90 Å². The van der Waals surface area contributed by atoms with Crippen molar-refractivity contribution in [2.24, 2.45) is 0 Å². The molecule has 0 spiro atoms. The van der Waals surface area contributed by atoms with Gasteiger partial charge in [-0.25, -0.2) is 0 Å². The second-order valence-electron chi connectivity index (χ2n) is 5.85. The fourth-order valence-electron chi connectivity index (χ4n) is 2.53. The Labute approximate surface area is 151 Å². The van der Waals surface area contributed by atoms with E-state index in [1.54, 1.807) is 25.2 Å². The average molecular weight is 370 g/mol. The number of hydrogen-bond acceptors (Lipinski definition) is 4. The summed E-state index contributed by atoms with van der Waals surface area (Å²) >= 11 is 5.93. The Bertz CT molecular complexity index is 668. The van der Waals surface area contributed by atoms with Crippen LogP contribution in [0.1, 0.15) is 0 Å². The smallest absolute Gasteiger partial charge is 0.277 e. The van der Waals surface area contributed by atoms with Crippen molar-refractivity contribution in [3.63, 3.8) is 0 Å². The number of quaternary nitrogens is 1. The molecule has 1 atom stereocenters. The zero-order valence-corrected chi connectivity index (χ0v) is 15.0. The highest BCUT2D eigenvalue weighted by molar-refractivity contribution is 6.31. The molecular weight excluding hydrogens is 348 g/mol. The van der Waals surface area contributed by atoms with Crippen molar-refractivity contribution >= 4 is 35.0 Å². The number of halogens is 1. The van der Waals surface area contributed by atoms with E-state index in [9.17, 15) is 14.4 Å². The van der Waals surface area contributed by atoms with Gasteiger partial charge in [-0.3, -0.25) is 14.4 Å². The van der Waals surface area contributed by atoms with Crippen molar-refractivity contribution < 1.29 is 24.0 Å². The second kappa shape index (κ2) is 8.68. The summed E-state index contributed by atoms with van der Waals surface area (Å²) in [5.74, 6) is -0.140. The summed E-state index contributed by atoms with van der Waals surface area (Å²) in [5, 5.41) is 5.87. The summed E-state index contributed by atoms with van der Waals surface area (Å²) in [6, 6.07) is 4.89. The number of hydrogen-bond donors (Lipinski definition) is 3. The lowest BCUT2D eigenvalue weighted by molar-refractivity contribution is -0.885. The molecule has 25 heavy (non-hydrogen) atoms. The quantitative estimate of drug-likeness (QED) is 0.585. The van der Waals surface area contributed by atoms with Gasteiger partial charge in [-0.05, 0) is 18.2 Å². The zero-order chi connectivity index (χ0) is 18.4. The van der Waals surface area contributed by atoms with E-state index < -0.39 is 0 Å². The highest BCUT2D eigenvalue weighted by atomic mass is 35.5. The molecule has 8 nitrogen and oxygen atoms in total. The number of piperazine rings is 1. The number of benzene rings is 1. The predicted molar refractivity (Wildman–Crippen MR) is 92.8 cm³/mol. The summed E-state index contributed by atoms with van der Waals surface area (Å²) in [5.41, 5.74) is 0.444. The Hall–Kier alpha value is -2.32. The first-order valence-corrected chi connectivity index (χ1v) is 8.24. The van der Waals surface area contributed by atoms with Gasteiger partial charge >= 0.3 is 0 Å². The third-order valence-corrected chi connectivity index (χ3v) is 4.09. The molecule has 1 heterocycles. The van der Waals surface area contributed by atoms with E-state index in [0.29, 0.717) is 29.5 Å². The molecule has 0 radical (unpaired) electrons. The van der Waals surface area contributed by atoms with Crippen molar-refractivity contribution in [1.29, 1.82) is 0 Å². The predicted octanol–water partition coefficient (Wildman–Crippen LogP) is -1.24. The minimum Gasteiger partial charge on any atom is -0.495 e. The van der Waals surface area contributed by atoms with Gasteiger partial charge in [-0.15, -0.1) is 0 Å². The Morgan fingerprint density at radius 2 is 2.20 bits per heavy atom. The number of nitrogens with one attached hydrogen (secondary N) is 3. The topological polar surface area (TPSA) is 92.2 Å². The number of amides is 3. The second-order valence-corrected chi connectivity index (χ2v) is 6.28. The van der Waals surface area contributed by atoms with Gasteiger partial charge in [0.15, 0.2) is 13.1 Å². The normalized spacial score (nSPS) is 16.8. The molecule has 3 N–H and O–H groups in total. The van der Waals surface area contributed by atoms with Crippen molar-refractivity contribution in [2.75, 3.05) is 52.2 Å². The Morgan fingerprint density at radius 3 is 2.88 bits per heavy atom. The number of methoxy groups -OCH3 is 1. The number of rotatable bonds is 6. The van der Waals surface area contributed by atoms with Gasteiger partial charge in [0.1, 0.15) is 5.75 Å². The third-order valence-electron chi connectivity index (χ3n) is 3.85. The molecule has 0 saturated carbocycles. The van der Waals surface area contributed by atoms with Gasteiger partial charge in [0, 0.05) is 12.1 Å². The lowest BCUT2D eigenvalue weighted by Gasteiger charge is -2.25. The third kappa shape index (κ3) is 5.61. The van der Waals surface area contributed by atoms with Gasteiger partial charge in [0.05, 0.1) is 32.4 Å². The Kier molecular flexibility index (Phi) is 6.60.